The predicted octanol–water partition coefficient (Wildman–Crippen LogP) is 5.06. The van der Waals surface area contributed by atoms with Gasteiger partial charge in [-0.05, 0) is 55.5 Å². The summed E-state index contributed by atoms with van der Waals surface area (Å²) in [6.07, 6.45) is 9.39. The fourth-order valence-corrected chi connectivity index (χ4v) is 5.70. The third kappa shape index (κ3) is 10.5. The van der Waals surface area contributed by atoms with E-state index in [0.29, 0.717) is 25.8 Å². The number of carbonyl (C=O) groups excluding carboxylic acids is 2. The number of benzene rings is 2. The Bertz CT molecular complexity index is 1090. The van der Waals surface area contributed by atoms with Crippen molar-refractivity contribution >= 4 is 11.8 Å². The van der Waals surface area contributed by atoms with Gasteiger partial charge in [-0.25, -0.2) is 5.48 Å². The van der Waals surface area contributed by atoms with E-state index >= 15 is 0 Å². The van der Waals surface area contributed by atoms with Gasteiger partial charge in [0.15, 0.2) is 6.29 Å². The Balaban J connectivity index is 1.33. The SMILES string of the molecule is O=C(CCCCCC(=O)NCc1ccc([C@H]2O[C@@H](CN3CCCCCCC3)C[C@@H](c3ccc(CO)cc3)O2)cc1)NO. The van der Waals surface area contributed by atoms with Crippen LogP contribution >= 0.6 is 0 Å². The predicted molar refractivity (Wildman–Crippen MR) is 159 cm³/mol. The lowest BCUT2D eigenvalue weighted by molar-refractivity contribution is -0.253. The summed E-state index contributed by atoms with van der Waals surface area (Å²) >= 11 is 0. The van der Waals surface area contributed by atoms with Crippen LogP contribution in [0.4, 0.5) is 0 Å². The molecule has 2 aliphatic heterocycles. The highest BCUT2D eigenvalue weighted by Crippen LogP contribution is 2.38. The number of aliphatic hydroxyl groups is 1. The van der Waals surface area contributed by atoms with Crippen molar-refractivity contribution < 1.29 is 29.4 Å². The Morgan fingerprint density at radius 3 is 2.07 bits per heavy atom. The minimum absolute atomic E-state index is 0.0213. The summed E-state index contributed by atoms with van der Waals surface area (Å²) in [5.41, 5.74) is 5.54. The Hall–Kier alpha value is -2.82. The first-order valence-electron chi connectivity index (χ1n) is 15.6. The van der Waals surface area contributed by atoms with E-state index in [2.05, 4.69) is 10.2 Å². The lowest BCUT2D eigenvalue weighted by Crippen LogP contribution is -2.40. The van der Waals surface area contributed by atoms with Crippen molar-refractivity contribution in [2.45, 2.75) is 102 Å². The molecule has 0 aliphatic carbocycles. The Kier molecular flexibility index (Phi) is 13.2. The molecule has 0 saturated carbocycles. The number of hydrogen-bond donors (Lipinski definition) is 4. The van der Waals surface area contributed by atoms with Gasteiger partial charge in [0, 0.05) is 37.9 Å². The summed E-state index contributed by atoms with van der Waals surface area (Å²) in [5, 5.41) is 21.0. The molecule has 2 amide bonds. The van der Waals surface area contributed by atoms with Gasteiger partial charge in [0.1, 0.15) is 0 Å². The number of amides is 2. The molecule has 0 aromatic heterocycles. The quantitative estimate of drug-likeness (QED) is 0.148. The molecule has 230 valence electrons. The van der Waals surface area contributed by atoms with Crippen molar-refractivity contribution in [2.24, 2.45) is 0 Å². The topological polar surface area (TPSA) is 120 Å². The standard InChI is InChI=1S/C33H47N3O6/c37-24-26-13-15-27(16-14-26)30-21-29(23-36-19-7-2-1-3-8-20-36)41-33(42-30)28-17-11-25(12-18-28)22-34-31(38)9-5-4-6-10-32(39)35-40/h11-18,29-30,33,37,40H,1-10,19-24H2,(H,34,38)(H,35,39)/t29-,30+,33+/m1/s1. The van der Waals surface area contributed by atoms with Gasteiger partial charge in [0.25, 0.3) is 0 Å². The first-order valence-corrected chi connectivity index (χ1v) is 15.6. The summed E-state index contributed by atoms with van der Waals surface area (Å²) in [6.45, 7) is 3.58. The minimum atomic E-state index is -0.488. The normalized spacial score (nSPS) is 21.7. The molecule has 4 rings (SSSR count). The molecule has 0 bridgehead atoms. The number of unbranched alkanes of at least 4 members (excludes halogenated alkanes) is 2. The van der Waals surface area contributed by atoms with E-state index in [0.717, 1.165) is 54.7 Å². The smallest absolute Gasteiger partial charge is 0.243 e. The molecule has 2 aromatic rings. The van der Waals surface area contributed by atoms with Crippen LogP contribution in [0.5, 0.6) is 0 Å². The molecular formula is C33H47N3O6. The van der Waals surface area contributed by atoms with Crippen molar-refractivity contribution in [3.63, 3.8) is 0 Å². The van der Waals surface area contributed by atoms with Crippen molar-refractivity contribution in [1.82, 2.24) is 15.7 Å². The maximum atomic E-state index is 12.2. The van der Waals surface area contributed by atoms with Gasteiger partial charge in [-0.2, -0.15) is 0 Å². The summed E-state index contributed by atoms with van der Waals surface area (Å²) in [7, 11) is 0. The van der Waals surface area contributed by atoms with Crippen molar-refractivity contribution in [2.75, 3.05) is 19.6 Å². The van der Waals surface area contributed by atoms with Gasteiger partial charge in [-0.15, -0.1) is 0 Å². The van der Waals surface area contributed by atoms with Crippen LogP contribution in [-0.2, 0) is 32.2 Å². The van der Waals surface area contributed by atoms with Gasteiger partial charge < -0.3 is 24.8 Å². The highest BCUT2D eigenvalue weighted by atomic mass is 16.7. The average molecular weight is 582 g/mol. The molecule has 2 aliphatic rings. The number of ether oxygens (including phenoxy) is 2. The third-order valence-corrected chi connectivity index (χ3v) is 8.20. The molecule has 2 saturated heterocycles. The third-order valence-electron chi connectivity index (χ3n) is 8.20. The number of aliphatic hydroxyl groups excluding tert-OH is 1. The summed E-state index contributed by atoms with van der Waals surface area (Å²) in [5.74, 6) is -0.422. The fraction of sp³-hybridized carbons (Fsp3) is 0.576. The molecule has 3 atom stereocenters. The van der Waals surface area contributed by atoms with Crippen LogP contribution in [-0.4, -0.2) is 52.8 Å². The van der Waals surface area contributed by atoms with Crippen LogP contribution in [0.2, 0.25) is 0 Å². The molecule has 0 spiro atoms. The van der Waals surface area contributed by atoms with Crippen molar-refractivity contribution in [3.05, 3.63) is 70.8 Å². The number of nitrogens with zero attached hydrogens (tertiary/aromatic N) is 1. The van der Waals surface area contributed by atoms with E-state index in [1.807, 2.05) is 48.5 Å². The van der Waals surface area contributed by atoms with Gasteiger partial charge in [0.05, 0.1) is 18.8 Å². The van der Waals surface area contributed by atoms with Gasteiger partial charge in [0.2, 0.25) is 11.8 Å². The van der Waals surface area contributed by atoms with Crippen LogP contribution in [0, 0.1) is 0 Å². The highest BCUT2D eigenvalue weighted by Gasteiger charge is 2.33. The molecule has 2 heterocycles. The van der Waals surface area contributed by atoms with Crippen LogP contribution in [0.1, 0.15) is 105 Å². The van der Waals surface area contributed by atoms with Gasteiger partial charge in [-0.1, -0.05) is 74.2 Å². The largest absolute Gasteiger partial charge is 0.392 e. The lowest BCUT2D eigenvalue weighted by atomic mass is 9.99. The summed E-state index contributed by atoms with van der Waals surface area (Å²) in [6, 6.07) is 16.0. The lowest BCUT2D eigenvalue weighted by Gasteiger charge is -2.38. The molecule has 0 unspecified atom stereocenters. The first kappa shape index (κ1) is 32.1. The van der Waals surface area contributed by atoms with E-state index in [4.69, 9.17) is 14.7 Å². The highest BCUT2D eigenvalue weighted by molar-refractivity contribution is 5.76. The second-order valence-corrected chi connectivity index (χ2v) is 11.5. The molecule has 9 nitrogen and oxygen atoms in total. The fourth-order valence-electron chi connectivity index (χ4n) is 5.70. The van der Waals surface area contributed by atoms with E-state index in [1.54, 1.807) is 5.48 Å². The van der Waals surface area contributed by atoms with Gasteiger partial charge in [-0.3, -0.25) is 14.8 Å². The van der Waals surface area contributed by atoms with Crippen molar-refractivity contribution in [1.29, 1.82) is 0 Å². The number of nitrogens with one attached hydrogen (secondary N) is 2. The molecule has 0 radical (unpaired) electrons. The van der Waals surface area contributed by atoms with Crippen LogP contribution in [0.3, 0.4) is 0 Å². The molecule has 2 aromatic carbocycles. The number of rotatable bonds is 13. The zero-order chi connectivity index (χ0) is 29.6. The maximum absolute atomic E-state index is 12.2. The molecule has 2 fully saturated rings. The Labute approximate surface area is 249 Å². The Morgan fingerprint density at radius 2 is 1.40 bits per heavy atom. The zero-order valence-corrected chi connectivity index (χ0v) is 24.6. The summed E-state index contributed by atoms with van der Waals surface area (Å²) < 4.78 is 13.1. The minimum Gasteiger partial charge on any atom is -0.392 e. The number of hydrogen-bond acceptors (Lipinski definition) is 7. The van der Waals surface area contributed by atoms with Crippen LogP contribution < -0.4 is 10.8 Å². The molecule has 9 heteroatoms. The average Bonchev–Trinajstić information content (AvgIpc) is 3.01. The molecular weight excluding hydrogens is 534 g/mol. The second kappa shape index (κ2) is 17.3. The van der Waals surface area contributed by atoms with E-state index in [-0.39, 0.29) is 31.1 Å². The monoisotopic (exact) mass is 581 g/mol. The second-order valence-electron chi connectivity index (χ2n) is 11.5. The zero-order valence-electron chi connectivity index (χ0n) is 24.6. The first-order chi connectivity index (χ1) is 20.5. The number of likely N-dealkylation sites (tertiary alicyclic amines) is 1. The maximum Gasteiger partial charge on any atom is 0.243 e. The number of carbonyl (C=O) groups is 2. The van der Waals surface area contributed by atoms with E-state index < -0.39 is 12.2 Å². The number of hydroxylamine groups is 1. The van der Waals surface area contributed by atoms with E-state index in [9.17, 15) is 14.7 Å². The van der Waals surface area contributed by atoms with Gasteiger partial charge >= 0.3 is 0 Å². The Morgan fingerprint density at radius 1 is 0.786 bits per heavy atom. The van der Waals surface area contributed by atoms with Crippen LogP contribution in [0.15, 0.2) is 48.5 Å². The van der Waals surface area contributed by atoms with Crippen LogP contribution in [0.25, 0.3) is 0 Å². The van der Waals surface area contributed by atoms with Crippen molar-refractivity contribution in [3.8, 4) is 0 Å². The summed E-state index contributed by atoms with van der Waals surface area (Å²) in [4.78, 5) is 25.8. The molecule has 42 heavy (non-hydrogen) atoms. The van der Waals surface area contributed by atoms with E-state index in [1.165, 1.54) is 32.1 Å². The molecule has 4 N–H and O–H groups in total.